The molecule has 0 atom stereocenters. The first-order valence-electron chi connectivity index (χ1n) is 10.8. The number of hydrogen-bond acceptors (Lipinski definition) is 6. The van der Waals surface area contributed by atoms with Gasteiger partial charge in [0.1, 0.15) is 12.1 Å². The molecule has 2 aromatic heterocycles. The first-order chi connectivity index (χ1) is 16.0. The number of anilines is 2. The van der Waals surface area contributed by atoms with Crippen LogP contribution in [0.2, 0.25) is 0 Å². The maximum Gasteiger partial charge on any atom is 0.255 e. The fourth-order valence-electron chi connectivity index (χ4n) is 3.11. The zero-order valence-corrected chi connectivity index (χ0v) is 19.0. The van der Waals surface area contributed by atoms with Crippen molar-refractivity contribution in [3.8, 4) is 11.4 Å². The first kappa shape index (κ1) is 25.6. The van der Waals surface area contributed by atoms with E-state index in [-0.39, 0.29) is 5.91 Å². The van der Waals surface area contributed by atoms with Crippen LogP contribution in [0.5, 0.6) is 0 Å². The Morgan fingerprint density at radius 3 is 2.36 bits per heavy atom. The summed E-state index contributed by atoms with van der Waals surface area (Å²) in [6.45, 7) is 6.41. The predicted molar refractivity (Wildman–Crippen MR) is 125 cm³/mol. The van der Waals surface area contributed by atoms with Crippen LogP contribution in [0.25, 0.3) is 11.4 Å². The van der Waals surface area contributed by atoms with E-state index in [0.29, 0.717) is 22.8 Å². The van der Waals surface area contributed by atoms with E-state index in [1.165, 1.54) is 12.5 Å². The molecule has 0 saturated carbocycles. The number of aromatic nitrogens is 4. The minimum absolute atomic E-state index is 0.0222. The summed E-state index contributed by atoms with van der Waals surface area (Å²) in [6, 6.07) is 9.34. The molecule has 176 valence electrons. The lowest BCUT2D eigenvalue weighted by atomic mass is 10.1. The summed E-state index contributed by atoms with van der Waals surface area (Å²) in [5.41, 5.74) is 2.83. The summed E-state index contributed by atoms with van der Waals surface area (Å²) in [5, 5.41) is 17.5. The number of rotatable bonds is 5. The normalized spacial score (nSPS) is 12.4. The lowest BCUT2D eigenvalue weighted by Gasteiger charge is -2.16. The second kappa shape index (κ2) is 13.0. The van der Waals surface area contributed by atoms with Gasteiger partial charge in [0.05, 0.1) is 5.56 Å². The monoisotopic (exact) mass is 457 g/mol. The van der Waals surface area contributed by atoms with Gasteiger partial charge in [0, 0.05) is 42.3 Å². The Kier molecular flexibility index (Phi) is 10.1. The fourth-order valence-corrected chi connectivity index (χ4v) is 3.11. The summed E-state index contributed by atoms with van der Waals surface area (Å²) < 4.78 is 20.7. The number of nitrogens with one attached hydrogen (secondary N) is 3. The Balaban J connectivity index is 0.000000582. The number of likely N-dealkylation sites (tertiary alicyclic amines) is 1. The van der Waals surface area contributed by atoms with Crippen molar-refractivity contribution in [2.75, 3.05) is 18.4 Å². The summed E-state index contributed by atoms with van der Waals surface area (Å²) in [5.74, 6) is 1.21. The molecule has 10 heteroatoms. The number of pyridine rings is 1. The predicted octanol–water partition coefficient (Wildman–Crippen LogP) is 5.14. The van der Waals surface area contributed by atoms with Crippen molar-refractivity contribution in [1.82, 2.24) is 25.1 Å². The number of benzene rings is 1. The van der Waals surface area contributed by atoms with Gasteiger partial charge in [0.15, 0.2) is 5.82 Å². The van der Waals surface area contributed by atoms with Crippen molar-refractivity contribution in [3.05, 3.63) is 54.0 Å². The molecule has 0 spiro atoms. The van der Waals surface area contributed by atoms with Crippen LogP contribution in [0.1, 0.15) is 49.5 Å². The van der Waals surface area contributed by atoms with Gasteiger partial charge in [-0.25, -0.2) is 18.7 Å². The summed E-state index contributed by atoms with van der Waals surface area (Å²) in [4.78, 5) is 22.8. The number of hydrogen-bond donors (Lipinski definition) is 3. The van der Waals surface area contributed by atoms with Gasteiger partial charge in [-0.15, -0.1) is 0 Å². The third-order valence-corrected chi connectivity index (χ3v) is 4.55. The highest BCUT2D eigenvalue weighted by Crippen LogP contribution is 2.22. The van der Waals surface area contributed by atoms with Gasteiger partial charge in [-0.1, -0.05) is 13.8 Å². The van der Waals surface area contributed by atoms with Crippen molar-refractivity contribution >= 4 is 23.6 Å². The molecule has 0 unspecified atom stereocenters. The van der Waals surface area contributed by atoms with Crippen molar-refractivity contribution in [1.29, 1.82) is 5.41 Å². The van der Waals surface area contributed by atoms with Crippen LogP contribution in [-0.4, -0.2) is 56.7 Å². The van der Waals surface area contributed by atoms with E-state index >= 15 is 0 Å². The summed E-state index contributed by atoms with van der Waals surface area (Å²) >= 11 is 0. The van der Waals surface area contributed by atoms with Gasteiger partial charge in [0.25, 0.3) is 5.91 Å². The Bertz CT molecular complexity index is 999. The molecule has 1 aliphatic heterocycles. The number of aromatic amines is 1. The molecule has 3 N–H and O–H groups in total. The van der Waals surface area contributed by atoms with E-state index in [0.717, 1.165) is 44.1 Å². The number of halogens is 2. The quantitative estimate of drug-likeness (QED) is 0.459. The summed E-state index contributed by atoms with van der Waals surface area (Å²) in [6.07, 6.45) is 4.16. The topological polar surface area (TPSA) is 111 Å². The van der Waals surface area contributed by atoms with Crippen LogP contribution < -0.4 is 5.32 Å². The van der Waals surface area contributed by atoms with Gasteiger partial charge in [-0.05, 0) is 50.1 Å². The zero-order valence-electron chi connectivity index (χ0n) is 19.0. The zero-order chi connectivity index (χ0) is 24.2. The number of nitrogens with zero attached hydrogens (tertiary/aromatic N) is 4. The van der Waals surface area contributed by atoms with E-state index < -0.39 is 6.43 Å². The molecule has 0 radical (unpaired) electrons. The SMILES string of the molecule is CC.CC(F)F.N=Cc1cc(C(=O)N2CCCC2)cnc1Nc1ccc(-c2ncn[nH]2)cc1. The third kappa shape index (κ3) is 7.44. The Hall–Kier alpha value is -3.69. The molecule has 1 saturated heterocycles. The molecular weight excluding hydrogens is 428 g/mol. The maximum absolute atomic E-state index is 12.5. The van der Waals surface area contributed by atoms with Crippen LogP contribution >= 0.6 is 0 Å². The van der Waals surface area contributed by atoms with Crippen LogP contribution in [0, 0.1) is 5.41 Å². The highest BCUT2D eigenvalue weighted by Gasteiger charge is 2.20. The van der Waals surface area contributed by atoms with Crippen molar-refractivity contribution in [3.63, 3.8) is 0 Å². The third-order valence-electron chi connectivity index (χ3n) is 4.55. The highest BCUT2D eigenvalue weighted by atomic mass is 19.3. The molecule has 1 aromatic carbocycles. The molecule has 3 aromatic rings. The van der Waals surface area contributed by atoms with E-state index in [4.69, 9.17) is 5.41 Å². The minimum atomic E-state index is -2.17. The fraction of sp³-hybridized carbons (Fsp3) is 0.348. The lowest BCUT2D eigenvalue weighted by molar-refractivity contribution is 0.0792. The van der Waals surface area contributed by atoms with Crippen molar-refractivity contribution in [2.24, 2.45) is 0 Å². The van der Waals surface area contributed by atoms with E-state index in [1.807, 2.05) is 43.0 Å². The second-order valence-electron chi connectivity index (χ2n) is 6.86. The van der Waals surface area contributed by atoms with Crippen LogP contribution in [0.3, 0.4) is 0 Å². The number of H-pyrrole nitrogens is 1. The van der Waals surface area contributed by atoms with Gasteiger partial charge in [-0.3, -0.25) is 9.89 Å². The molecule has 1 amide bonds. The standard InChI is InChI=1S/C19H19N7O.C2H4F2.C2H6/c20-10-14-9-15(19(27)26-7-1-2-8-26)11-21-17(14)24-16-5-3-13(4-6-16)18-22-12-23-25-18;1-2(3)4;1-2/h3-6,9-12,20H,1-2,7-8H2,(H,21,24)(H,22,23,25);2H,1H3;1-2H3. The average molecular weight is 458 g/mol. The van der Waals surface area contributed by atoms with E-state index in [2.05, 4.69) is 25.5 Å². The Morgan fingerprint density at radius 2 is 1.82 bits per heavy atom. The lowest BCUT2D eigenvalue weighted by Crippen LogP contribution is -2.27. The van der Waals surface area contributed by atoms with Crippen molar-refractivity contribution in [2.45, 2.75) is 40.0 Å². The Labute approximate surface area is 192 Å². The van der Waals surface area contributed by atoms with Crippen LogP contribution in [0.15, 0.2) is 42.9 Å². The first-order valence-corrected chi connectivity index (χ1v) is 10.8. The number of carbonyl (C=O) groups is 1. The molecule has 3 heterocycles. The van der Waals surface area contributed by atoms with Gasteiger partial charge < -0.3 is 15.6 Å². The van der Waals surface area contributed by atoms with Crippen LogP contribution in [-0.2, 0) is 0 Å². The van der Waals surface area contributed by atoms with Gasteiger partial charge >= 0.3 is 0 Å². The van der Waals surface area contributed by atoms with Crippen LogP contribution in [0.4, 0.5) is 20.3 Å². The smallest absolute Gasteiger partial charge is 0.255 e. The average Bonchev–Trinajstić information content (AvgIpc) is 3.55. The van der Waals surface area contributed by atoms with Gasteiger partial charge in [0.2, 0.25) is 6.43 Å². The molecular formula is C23H29F2N7O. The number of carbonyl (C=O) groups excluding carboxylic acids is 1. The summed E-state index contributed by atoms with van der Waals surface area (Å²) in [7, 11) is 0. The number of alkyl halides is 2. The molecule has 4 rings (SSSR count). The molecule has 8 nitrogen and oxygen atoms in total. The van der Waals surface area contributed by atoms with Crippen molar-refractivity contribution < 1.29 is 13.6 Å². The molecule has 33 heavy (non-hydrogen) atoms. The molecule has 1 fully saturated rings. The molecule has 0 bridgehead atoms. The molecule has 1 aliphatic rings. The molecule has 0 aliphatic carbocycles. The van der Waals surface area contributed by atoms with E-state index in [9.17, 15) is 13.6 Å². The second-order valence-corrected chi connectivity index (χ2v) is 6.86. The van der Waals surface area contributed by atoms with E-state index in [1.54, 1.807) is 12.3 Å². The largest absolute Gasteiger partial charge is 0.340 e. The van der Waals surface area contributed by atoms with Gasteiger partial charge in [-0.2, -0.15) is 5.10 Å². The number of amides is 1. The highest BCUT2D eigenvalue weighted by molar-refractivity contribution is 5.97. The maximum atomic E-state index is 12.5. The minimum Gasteiger partial charge on any atom is -0.340 e. The Morgan fingerprint density at radius 1 is 1.18 bits per heavy atom.